The number of nitrogens with two attached hydrogens (primary N) is 1. The van der Waals surface area contributed by atoms with Gasteiger partial charge >= 0.3 is 11.9 Å². The summed E-state index contributed by atoms with van der Waals surface area (Å²) in [7, 11) is 0. The Morgan fingerprint density at radius 2 is 1.81 bits per heavy atom. The molecule has 0 heterocycles. The normalized spacial score (nSPS) is 37.5. The molecule has 0 bridgehead atoms. The molecule has 12 nitrogen and oxygen atoms in total. The van der Waals surface area contributed by atoms with Crippen LogP contribution in [0.4, 0.5) is 0 Å². The molecular formula is C25H37N3O9. The highest BCUT2D eigenvalue weighted by Crippen LogP contribution is 2.65. The largest absolute Gasteiger partial charge is 0.478 e. The number of hydrogen-bond donors (Lipinski definition) is 3. The van der Waals surface area contributed by atoms with Crippen LogP contribution in [0.3, 0.4) is 0 Å². The Bertz CT molecular complexity index is 951. The van der Waals surface area contributed by atoms with Crippen molar-refractivity contribution in [2.75, 3.05) is 13.2 Å². The molecule has 4 aliphatic rings. The van der Waals surface area contributed by atoms with Gasteiger partial charge in [0.1, 0.15) is 18.5 Å². The molecule has 0 saturated heterocycles. The Morgan fingerprint density at radius 3 is 2.41 bits per heavy atom. The summed E-state index contributed by atoms with van der Waals surface area (Å²) < 4.78 is 0. The summed E-state index contributed by atoms with van der Waals surface area (Å²) in [5.41, 5.74) is 6.14. The third-order valence-corrected chi connectivity index (χ3v) is 9.19. The number of fused-ring (bicyclic) bond motifs is 5. The summed E-state index contributed by atoms with van der Waals surface area (Å²) >= 11 is 0. The van der Waals surface area contributed by atoms with Gasteiger partial charge in [-0.25, -0.2) is 9.59 Å². The monoisotopic (exact) mass is 523 g/mol. The van der Waals surface area contributed by atoms with E-state index < -0.39 is 23.1 Å². The van der Waals surface area contributed by atoms with Crippen LogP contribution in [0.1, 0.15) is 65.2 Å². The highest BCUT2D eigenvalue weighted by molar-refractivity contribution is 5.89. The highest BCUT2D eigenvalue weighted by Gasteiger charge is 2.62. The molecule has 0 amide bonds. The minimum Gasteiger partial charge on any atom is -0.478 e. The van der Waals surface area contributed by atoms with Crippen LogP contribution in [0, 0.1) is 44.6 Å². The smallest absolute Gasteiger partial charge is 0.328 e. The first kappa shape index (κ1) is 28.5. The number of Topliss-reactive ketones (excluding diaryl/α,β-unsaturated/α-hetero) is 1. The van der Waals surface area contributed by atoms with Crippen molar-refractivity contribution >= 4 is 23.4 Å². The van der Waals surface area contributed by atoms with E-state index in [1.807, 2.05) is 0 Å². The fourth-order valence-electron chi connectivity index (χ4n) is 7.49. The van der Waals surface area contributed by atoms with Gasteiger partial charge in [-0.15, -0.1) is 10.1 Å². The SMILES string of the molecule is C[C@]12CC/C(=N\OCCN)C[C@@H]1[C@@H](O[N+](=O)[O-])C[C@@H]1[C@@H]2CC[C@]2(C)C(=O)CC[C@@H]12.O=C(O)/C=C/C(=O)O. The van der Waals surface area contributed by atoms with E-state index in [0.717, 1.165) is 37.8 Å². The van der Waals surface area contributed by atoms with Crippen LogP contribution in [0.5, 0.6) is 0 Å². The third kappa shape index (κ3) is 6.11. The predicted molar refractivity (Wildman–Crippen MR) is 131 cm³/mol. The van der Waals surface area contributed by atoms with Crippen molar-refractivity contribution in [1.29, 1.82) is 0 Å². The van der Waals surface area contributed by atoms with Crippen molar-refractivity contribution < 1.29 is 39.4 Å². The van der Waals surface area contributed by atoms with Gasteiger partial charge in [0.05, 0.1) is 5.71 Å². The van der Waals surface area contributed by atoms with Crippen molar-refractivity contribution in [2.45, 2.75) is 71.3 Å². The maximum Gasteiger partial charge on any atom is 0.328 e. The van der Waals surface area contributed by atoms with E-state index in [1.165, 1.54) is 0 Å². The molecule has 12 heteroatoms. The highest BCUT2D eigenvalue weighted by atomic mass is 17.0. The molecule has 0 aromatic heterocycles. The second-order valence-corrected chi connectivity index (χ2v) is 11.0. The summed E-state index contributed by atoms with van der Waals surface area (Å²) in [5.74, 6) is -0.959. The van der Waals surface area contributed by atoms with Crippen molar-refractivity contribution in [3.05, 3.63) is 22.3 Å². The van der Waals surface area contributed by atoms with Gasteiger partial charge in [0.2, 0.25) is 0 Å². The van der Waals surface area contributed by atoms with E-state index in [-0.39, 0.29) is 16.7 Å². The zero-order chi connectivity index (χ0) is 27.4. The maximum absolute atomic E-state index is 12.6. The molecule has 7 atom stereocenters. The second kappa shape index (κ2) is 11.6. The average Bonchev–Trinajstić information content (AvgIpc) is 3.13. The first-order valence-corrected chi connectivity index (χ1v) is 12.8. The van der Waals surface area contributed by atoms with Crippen LogP contribution in [0.2, 0.25) is 0 Å². The van der Waals surface area contributed by atoms with E-state index in [1.54, 1.807) is 0 Å². The van der Waals surface area contributed by atoms with Gasteiger partial charge in [-0.1, -0.05) is 19.0 Å². The van der Waals surface area contributed by atoms with E-state index in [4.69, 9.17) is 25.6 Å². The summed E-state index contributed by atoms with van der Waals surface area (Å²) in [5, 5.41) is 30.5. The lowest BCUT2D eigenvalue weighted by atomic mass is 9.44. The van der Waals surface area contributed by atoms with Crippen LogP contribution >= 0.6 is 0 Å². The number of rotatable bonds is 7. The fourth-order valence-corrected chi connectivity index (χ4v) is 7.49. The molecule has 4 aliphatic carbocycles. The number of carbonyl (C=O) groups is 3. The molecule has 0 aliphatic heterocycles. The average molecular weight is 524 g/mol. The molecule has 0 spiro atoms. The Hall–Kier alpha value is -3.02. The number of nitrogens with zero attached hydrogens (tertiary/aromatic N) is 2. The first-order chi connectivity index (χ1) is 17.4. The van der Waals surface area contributed by atoms with Crippen molar-refractivity contribution in [2.24, 2.45) is 45.4 Å². The number of aliphatic carboxylic acids is 2. The van der Waals surface area contributed by atoms with Crippen molar-refractivity contribution in [3.63, 3.8) is 0 Å². The van der Waals surface area contributed by atoms with Crippen LogP contribution in [0.15, 0.2) is 17.3 Å². The number of hydrogen-bond acceptors (Lipinski definition) is 9. The Labute approximate surface area is 215 Å². The number of ketones is 1. The summed E-state index contributed by atoms with van der Waals surface area (Å²) in [6.07, 6.45) is 7.31. The van der Waals surface area contributed by atoms with E-state index in [9.17, 15) is 24.5 Å². The van der Waals surface area contributed by atoms with Gasteiger partial charge in [0.25, 0.3) is 5.09 Å². The predicted octanol–water partition coefficient (Wildman–Crippen LogP) is 2.83. The topological polar surface area (TPSA) is 192 Å². The molecular weight excluding hydrogens is 486 g/mol. The zero-order valence-corrected chi connectivity index (χ0v) is 21.3. The number of carbonyl (C=O) groups excluding carboxylic acids is 1. The third-order valence-electron chi connectivity index (χ3n) is 9.19. The number of carboxylic acid groups (broad SMARTS) is 2. The molecule has 4 N–H and O–H groups in total. The van der Waals surface area contributed by atoms with Gasteiger partial charge in [-0.3, -0.25) is 4.79 Å². The number of oxime groups is 1. The molecule has 0 aromatic carbocycles. The van der Waals surface area contributed by atoms with E-state index >= 15 is 0 Å². The van der Waals surface area contributed by atoms with Gasteiger partial charge < -0.3 is 25.6 Å². The fraction of sp³-hybridized carbons (Fsp3) is 0.760. The van der Waals surface area contributed by atoms with E-state index in [0.29, 0.717) is 68.1 Å². The van der Waals surface area contributed by atoms with Crippen LogP contribution in [-0.2, 0) is 24.1 Å². The van der Waals surface area contributed by atoms with Crippen LogP contribution in [0.25, 0.3) is 0 Å². The maximum atomic E-state index is 12.6. The summed E-state index contributed by atoms with van der Waals surface area (Å²) in [6.45, 7) is 5.20. The van der Waals surface area contributed by atoms with Crippen molar-refractivity contribution in [3.8, 4) is 0 Å². The summed E-state index contributed by atoms with van der Waals surface area (Å²) in [4.78, 5) is 53.6. The second-order valence-electron chi connectivity index (χ2n) is 11.0. The Kier molecular flexibility index (Phi) is 8.93. The Morgan fingerprint density at radius 1 is 1.14 bits per heavy atom. The molecule has 37 heavy (non-hydrogen) atoms. The van der Waals surface area contributed by atoms with Gasteiger partial charge in [-0.2, -0.15) is 0 Å². The van der Waals surface area contributed by atoms with Gasteiger partial charge in [0, 0.05) is 30.5 Å². The molecule has 4 rings (SSSR count). The van der Waals surface area contributed by atoms with Crippen LogP contribution < -0.4 is 5.73 Å². The lowest BCUT2D eigenvalue weighted by molar-refractivity contribution is -0.772. The summed E-state index contributed by atoms with van der Waals surface area (Å²) in [6, 6.07) is 0. The lowest BCUT2D eigenvalue weighted by Gasteiger charge is -2.61. The first-order valence-electron chi connectivity index (χ1n) is 12.8. The minimum absolute atomic E-state index is 0.0382. The zero-order valence-electron chi connectivity index (χ0n) is 21.3. The molecule has 206 valence electrons. The Balaban J connectivity index is 0.000000414. The molecule has 4 fully saturated rings. The van der Waals surface area contributed by atoms with E-state index in [2.05, 4.69) is 19.0 Å². The van der Waals surface area contributed by atoms with Gasteiger partial charge in [-0.05, 0) is 74.0 Å². The van der Waals surface area contributed by atoms with Crippen molar-refractivity contribution in [1.82, 2.24) is 0 Å². The quantitative estimate of drug-likeness (QED) is 0.193. The lowest BCUT2D eigenvalue weighted by Crippen LogP contribution is -2.58. The van der Waals surface area contributed by atoms with Crippen LogP contribution in [-0.4, -0.2) is 58.0 Å². The minimum atomic E-state index is -1.26. The van der Waals surface area contributed by atoms with Gasteiger partial charge in [0.15, 0.2) is 0 Å². The molecule has 4 saturated carbocycles. The number of carboxylic acids is 2. The standard InChI is InChI=1S/C21H33N3O5.C4H4O4/c1-20-7-5-13(23-28-10-9-22)11-17(20)18(29-24(26)27)12-14-15-3-4-19(25)21(15,2)8-6-16(14)20;5-3(6)1-2-4(7)8/h14-18H,3-12,22H2,1-2H3;1-2H,(H,5,6)(H,7,8)/b23-13+;2-1+/t14-,15-,16-,17+,18-,20+,21-;/m0./s1. The molecule has 0 aromatic rings. The molecule has 0 unspecified atom stereocenters. The molecule has 0 radical (unpaired) electrons.